The first-order valence-corrected chi connectivity index (χ1v) is 7.38. The van der Waals surface area contributed by atoms with E-state index >= 15 is 0 Å². The molecule has 0 radical (unpaired) electrons. The number of carbonyl (C=O) groups is 2. The van der Waals surface area contributed by atoms with Gasteiger partial charge in [-0.1, -0.05) is 20.8 Å². The average molecular weight is 269 g/mol. The first-order chi connectivity index (χ1) is 8.90. The van der Waals surface area contributed by atoms with Crippen LogP contribution >= 0.6 is 0 Å². The second-order valence-corrected chi connectivity index (χ2v) is 6.01. The first-order valence-electron chi connectivity index (χ1n) is 7.38. The van der Waals surface area contributed by atoms with Crippen molar-refractivity contribution in [2.24, 2.45) is 11.3 Å². The molecule has 4 heteroatoms. The zero-order chi connectivity index (χ0) is 14.5. The van der Waals surface area contributed by atoms with E-state index in [1.165, 1.54) is 0 Å². The lowest BCUT2D eigenvalue weighted by Crippen LogP contribution is -2.44. The molecule has 0 bridgehead atoms. The van der Waals surface area contributed by atoms with Crippen LogP contribution in [-0.4, -0.2) is 24.5 Å². The van der Waals surface area contributed by atoms with Crippen molar-refractivity contribution in [1.29, 1.82) is 0 Å². The second kappa shape index (κ2) is 6.92. The van der Waals surface area contributed by atoms with Gasteiger partial charge in [0.1, 0.15) is 0 Å². The smallest absolute Gasteiger partial charge is 0.308 e. The van der Waals surface area contributed by atoms with Crippen LogP contribution in [0.3, 0.4) is 0 Å². The van der Waals surface area contributed by atoms with Crippen LogP contribution in [0.5, 0.6) is 0 Å². The van der Waals surface area contributed by atoms with Gasteiger partial charge in [-0.05, 0) is 39.0 Å². The number of esters is 1. The molecule has 0 aromatic carbocycles. The topological polar surface area (TPSA) is 55.4 Å². The highest BCUT2D eigenvalue weighted by molar-refractivity contribution is 5.82. The Kier molecular flexibility index (Phi) is 5.83. The molecule has 1 fully saturated rings. The van der Waals surface area contributed by atoms with Gasteiger partial charge in [0.25, 0.3) is 0 Å². The summed E-state index contributed by atoms with van der Waals surface area (Å²) in [4.78, 5) is 23.7. The Balaban J connectivity index is 2.38. The highest BCUT2D eigenvalue weighted by Crippen LogP contribution is 2.27. The Morgan fingerprint density at radius 1 is 1.16 bits per heavy atom. The van der Waals surface area contributed by atoms with Crippen LogP contribution in [0.25, 0.3) is 0 Å². The lowest BCUT2D eigenvalue weighted by atomic mass is 9.84. The highest BCUT2D eigenvalue weighted by atomic mass is 16.5. The van der Waals surface area contributed by atoms with E-state index in [9.17, 15) is 9.59 Å². The summed E-state index contributed by atoms with van der Waals surface area (Å²) in [5, 5.41) is 3.11. The lowest BCUT2D eigenvalue weighted by molar-refractivity contribution is -0.149. The van der Waals surface area contributed by atoms with E-state index < -0.39 is 0 Å². The van der Waals surface area contributed by atoms with Gasteiger partial charge in [0.05, 0.1) is 12.5 Å². The van der Waals surface area contributed by atoms with Crippen molar-refractivity contribution in [2.75, 3.05) is 6.61 Å². The number of hydrogen-bond donors (Lipinski definition) is 1. The van der Waals surface area contributed by atoms with E-state index in [1.54, 1.807) is 0 Å². The van der Waals surface area contributed by atoms with Crippen molar-refractivity contribution in [3.05, 3.63) is 0 Å². The molecule has 0 saturated heterocycles. The lowest BCUT2D eigenvalue weighted by Gasteiger charge is -2.31. The summed E-state index contributed by atoms with van der Waals surface area (Å²) in [6.07, 6.45) is 4.20. The number of nitrogens with one attached hydrogen (secondary N) is 1. The molecule has 1 aliphatic carbocycles. The predicted octanol–water partition coefficient (Wildman–Crippen LogP) is 2.66. The second-order valence-electron chi connectivity index (χ2n) is 6.01. The van der Waals surface area contributed by atoms with Crippen LogP contribution in [0.4, 0.5) is 0 Å². The van der Waals surface area contributed by atoms with Crippen molar-refractivity contribution in [1.82, 2.24) is 5.32 Å². The maximum Gasteiger partial charge on any atom is 0.308 e. The summed E-state index contributed by atoms with van der Waals surface area (Å²) in [6, 6.07) is 0.212. The van der Waals surface area contributed by atoms with Gasteiger partial charge >= 0.3 is 5.97 Å². The predicted molar refractivity (Wildman–Crippen MR) is 74.6 cm³/mol. The third-order valence-electron chi connectivity index (χ3n) is 4.18. The van der Waals surface area contributed by atoms with Gasteiger partial charge in [-0.3, -0.25) is 9.59 Å². The monoisotopic (exact) mass is 269 g/mol. The van der Waals surface area contributed by atoms with Crippen LogP contribution in [0.1, 0.15) is 59.8 Å². The van der Waals surface area contributed by atoms with Gasteiger partial charge in [0, 0.05) is 11.5 Å². The molecule has 1 rings (SSSR count). The molecule has 0 atom stereocenters. The average Bonchev–Trinajstić information content (AvgIpc) is 2.39. The van der Waals surface area contributed by atoms with Crippen LogP contribution in [0, 0.1) is 11.3 Å². The Bertz CT molecular complexity index is 317. The molecule has 0 unspecified atom stereocenters. The molecule has 19 heavy (non-hydrogen) atoms. The van der Waals surface area contributed by atoms with Crippen molar-refractivity contribution >= 4 is 11.9 Å². The quantitative estimate of drug-likeness (QED) is 0.781. The van der Waals surface area contributed by atoms with E-state index in [-0.39, 0.29) is 29.3 Å². The minimum absolute atomic E-state index is 0.0206. The third kappa shape index (κ3) is 4.51. The summed E-state index contributed by atoms with van der Waals surface area (Å²) in [5.41, 5.74) is -0.308. The molecule has 0 aliphatic heterocycles. The summed E-state index contributed by atoms with van der Waals surface area (Å²) >= 11 is 0. The van der Waals surface area contributed by atoms with Crippen LogP contribution < -0.4 is 5.32 Å². The summed E-state index contributed by atoms with van der Waals surface area (Å²) in [5.74, 6) is 0.0584. The molecular formula is C15H27NO3. The molecule has 110 valence electrons. The fraction of sp³-hybridized carbons (Fsp3) is 0.867. The SMILES string of the molecule is CCOC(=O)C1CCC(NC(=O)C(C)(C)CC)CC1. The normalized spacial score (nSPS) is 23.8. The van der Waals surface area contributed by atoms with Crippen molar-refractivity contribution in [3.63, 3.8) is 0 Å². The van der Waals surface area contributed by atoms with Crippen LogP contribution in [0.2, 0.25) is 0 Å². The minimum atomic E-state index is -0.308. The molecule has 0 aromatic rings. The Morgan fingerprint density at radius 3 is 2.21 bits per heavy atom. The maximum atomic E-state index is 12.1. The molecule has 1 amide bonds. The number of carbonyl (C=O) groups excluding carboxylic acids is 2. The van der Waals surface area contributed by atoms with E-state index in [0.29, 0.717) is 6.61 Å². The maximum absolute atomic E-state index is 12.1. The van der Waals surface area contributed by atoms with Gasteiger partial charge in [-0.15, -0.1) is 0 Å². The third-order valence-corrected chi connectivity index (χ3v) is 4.18. The zero-order valence-electron chi connectivity index (χ0n) is 12.6. The molecule has 1 saturated carbocycles. The van der Waals surface area contributed by atoms with Gasteiger partial charge < -0.3 is 10.1 Å². The molecule has 0 aromatic heterocycles. The largest absolute Gasteiger partial charge is 0.466 e. The van der Waals surface area contributed by atoms with Gasteiger partial charge in [0.2, 0.25) is 5.91 Å². The van der Waals surface area contributed by atoms with E-state index in [1.807, 2.05) is 27.7 Å². The van der Waals surface area contributed by atoms with Gasteiger partial charge in [-0.25, -0.2) is 0 Å². The molecule has 0 spiro atoms. The number of ether oxygens (including phenoxy) is 1. The number of rotatable bonds is 5. The standard InChI is InChI=1S/C15H27NO3/c1-5-15(3,4)14(18)16-12-9-7-11(8-10-12)13(17)19-6-2/h11-12H,5-10H2,1-4H3,(H,16,18). The van der Waals surface area contributed by atoms with Gasteiger partial charge in [0.15, 0.2) is 0 Å². The molecule has 1 aliphatic rings. The molecular weight excluding hydrogens is 242 g/mol. The number of amides is 1. The molecule has 1 N–H and O–H groups in total. The fourth-order valence-corrected chi connectivity index (χ4v) is 2.27. The highest BCUT2D eigenvalue weighted by Gasteiger charge is 2.31. The summed E-state index contributed by atoms with van der Waals surface area (Å²) < 4.78 is 5.04. The van der Waals surface area contributed by atoms with Crippen molar-refractivity contribution in [3.8, 4) is 0 Å². The molecule has 0 heterocycles. The zero-order valence-corrected chi connectivity index (χ0v) is 12.6. The number of hydrogen-bond acceptors (Lipinski definition) is 3. The Labute approximate surface area is 116 Å². The van der Waals surface area contributed by atoms with E-state index in [4.69, 9.17) is 4.74 Å². The van der Waals surface area contributed by atoms with Crippen LogP contribution in [-0.2, 0) is 14.3 Å². The minimum Gasteiger partial charge on any atom is -0.466 e. The van der Waals surface area contributed by atoms with E-state index in [2.05, 4.69) is 5.32 Å². The van der Waals surface area contributed by atoms with Gasteiger partial charge in [-0.2, -0.15) is 0 Å². The molecule has 4 nitrogen and oxygen atoms in total. The van der Waals surface area contributed by atoms with Crippen LogP contribution in [0.15, 0.2) is 0 Å². The summed E-state index contributed by atoms with van der Waals surface area (Å²) in [6.45, 7) is 8.23. The van der Waals surface area contributed by atoms with E-state index in [0.717, 1.165) is 32.1 Å². The summed E-state index contributed by atoms with van der Waals surface area (Å²) in [7, 11) is 0. The first kappa shape index (κ1) is 16.0. The van der Waals surface area contributed by atoms with Crippen molar-refractivity contribution in [2.45, 2.75) is 65.8 Å². The Hall–Kier alpha value is -1.06. The van der Waals surface area contributed by atoms with Crippen molar-refractivity contribution < 1.29 is 14.3 Å². The Morgan fingerprint density at radius 2 is 1.74 bits per heavy atom. The fourth-order valence-electron chi connectivity index (χ4n) is 2.27.